The van der Waals surface area contributed by atoms with Crippen molar-refractivity contribution in [2.24, 2.45) is 0 Å². The van der Waals surface area contributed by atoms with Crippen molar-refractivity contribution in [2.75, 3.05) is 0 Å². The lowest BCUT2D eigenvalue weighted by molar-refractivity contribution is 0.0974. The summed E-state index contributed by atoms with van der Waals surface area (Å²) in [7, 11) is 0. The molecule has 1 aliphatic carbocycles. The first-order valence-corrected chi connectivity index (χ1v) is 5.21. The first-order chi connectivity index (χ1) is 6.88. The van der Waals surface area contributed by atoms with Gasteiger partial charge < -0.3 is 0 Å². The monoisotopic (exact) mass is 190 g/mol. The number of rotatable bonds is 0. The summed E-state index contributed by atoms with van der Waals surface area (Å²) < 4.78 is 0. The third kappa shape index (κ3) is 1.97. The Morgan fingerprint density at radius 3 is 2.50 bits per heavy atom. The van der Waals surface area contributed by atoms with E-state index in [9.17, 15) is 4.79 Å². The van der Waals surface area contributed by atoms with Gasteiger partial charge >= 0.3 is 0 Å². The summed E-state index contributed by atoms with van der Waals surface area (Å²) in [6, 6.07) is 0. The molecule has 0 saturated carbocycles. The number of nitrogens with zero attached hydrogens (tertiary/aromatic N) is 2. The fourth-order valence-electron chi connectivity index (χ4n) is 1.83. The van der Waals surface area contributed by atoms with Crippen molar-refractivity contribution in [1.29, 1.82) is 0 Å². The Hall–Kier alpha value is -1.25. The molecule has 3 nitrogen and oxygen atoms in total. The highest BCUT2D eigenvalue weighted by Crippen LogP contribution is 2.15. The molecule has 0 N–H and O–H groups in total. The van der Waals surface area contributed by atoms with Crippen LogP contribution < -0.4 is 0 Å². The molecule has 0 unspecified atom stereocenters. The van der Waals surface area contributed by atoms with E-state index in [-0.39, 0.29) is 5.78 Å². The normalized spacial score (nSPS) is 17.9. The maximum atomic E-state index is 11.7. The zero-order chi connectivity index (χ0) is 9.80. The maximum Gasteiger partial charge on any atom is 0.183 e. The molecule has 0 radical (unpaired) electrons. The van der Waals surface area contributed by atoms with Crippen molar-refractivity contribution >= 4 is 5.78 Å². The third-order valence-corrected chi connectivity index (χ3v) is 2.61. The highest BCUT2D eigenvalue weighted by molar-refractivity contribution is 5.95. The Kier molecular flexibility index (Phi) is 2.87. The minimum Gasteiger partial charge on any atom is -0.292 e. The predicted octanol–water partition coefficient (Wildman–Crippen LogP) is 2.17. The molecule has 74 valence electrons. The molecule has 0 aliphatic heterocycles. The number of hydrogen-bond acceptors (Lipinski definition) is 3. The summed E-state index contributed by atoms with van der Waals surface area (Å²) in [4.78, 5) is 20.1. The molecular weight excluding hydrogens is 176 g/mol. The Morgan fingerprint density at radius 2 is 1.64 bits per heavy atom. The van der Waals surface area contributed by atoms with Crippen LogP contribution >= 0.6 is 0 Å². The van der Waals surface area contributed by atoms with Gasteiger partial charge in [-0.2, -0.15) is 0 Å². The van der Waals surface area contributed by atoms with E-state index in [1.54, 1.807) is 12.4 Å². The zero-order valence-corrected chi connectivity index (χ0v) is 8.20. The molecule has 2 rings (SSSR count). The van der Waals surface area contributed by atoms with Crippen LogP contribution in [0.2, 0.25) is 0 Å². The van der Waals surface area contributed by atoms with Gasteiger partial charge in [-0.25, -0.2) is 4.98 Å². The van der Waals surface area contributed by atoms with Crippen LogP contribution in [-0.4, -0.2) is 15.8 Å². The Labute approximate surface area is 83.6 Å². The Bertz CT molecular complexity index is 336. The first-order valence-electron chi connectivity index (χ1n) is 5.21. The summed E-state index contributed by atoms with van der Waals surface area (Å²) in [5, 5.41) is 0. The zero-order valence-electron chi connectivity index (χ0n) is 8.20. The maximum absolute atomic E-state index is 11.7. The Balaban J connectivity index is 2.30. The number of carbonyl (C=O) groups is 1. The summed E-state index contributed by atoms with van der Waals surface area (Å²) in [6.45, 7) is 0. The standard InChI is InChI=1S/C11H14N2O/c14-10-6-4-2-1-3-5-9-11(10)13-8-7-12-9/h7-8H,1-6H2. The summed E-state index contributed by atoms with van der Waals surface area (Å²) in [5.41, 5.74) is 1.49. The van der Waals surface area contributed by atoms with Gasteiger partial charge in [-0.1, -0.05) is 12.8 Å². The van der Waals surface area contributed by atoms with E-state index in [0.29, 0.717) is 12.1 Å². The van der Waals surface area contributed by atoms with Crippen LogP contribution in [0.25, 0.3) is 0 Å². The van der Waals surface area contributed by atoms with E-state index in [2.05, 4.69) is 9.97 Å². The average molecular weight is 190 g/mol. The number of ketones is 1. The lowest BCUT2D eigenvalue weighted by Crippen LogP contribution is -2.07. The molecule has 0 amide bonds. The van der Waals surface area contributed by atoms with E-state index in [1.807, 2.05) is 0 Å². The van der Waals surface area contributed by atoms with Crippen molar-refractivity contribution in [1.82, 2.24) is 9.97 Å². The number of aromatic nitrogens is 2. The van der Waals surface area contributed by atoms with Gasteiger partial charge in [-0.05, 0) is 19.3 Å². The second-order valence-corrected chi connectivity index (χ2v) is 3.69. The fraction of sp³-hybridized carbons (Fsp3) is 0.545. The molecule has 1 aliphatic rings. The van der Waals surface area contributed by atoms with Crippen molar-refractivity contribution in [3.8, 4) is 0 Å². The third-order valence-electron chi connectivity index (χ3n) is 2.61. The molecule has 14 heavy (non-hydrogen) atoms. The van der Waals surface area contributed by atoms with Crippen LogP contribution in [0.1, 0.15) is 48.3 Å². The van der Waals surface area contributed by atoms with E-state index < -0.39 is 0 Å². The minimum atomic E-state index is 0.162. The topological polar surface area (TPSA) is 42.9 Å². The van der Waals surface area contributed by atoms with Gasteiger partial charge in [0.1, 0.15) is 5.69 Å². The van der Waals surface area contributed by atoms with Gasteiger partial charge in [0.25, 0.3) is 0 Å². The van der Waals surface area contributed by atoms with Gasteiger partial charge in [-0.3, -0.25) is 9.78 Å². The SMILES string of the molecule is O=C1CCCCCCc2nccnc21. The highest BCUT2D eigenvalue weighted by atomic mass is 16.1. The van der Waals surface area contributed by atoms with Crippen molar-refractivity contribution in [3.63, 3.8) is 0 Å². The van der Waals surface area contributed by atoms with E-state index in [0.717, 1.165) is 31.4 Å². The number of carbonyl (C=O) groups excluding carboxylic acids is 1. The number of aryl methyl sites for hydroxylation is 1. The van der Waals surface area contributed by atoms with E-state index >= 15 is 0 Å². The van der Waals surface area contributed by atoms with Crippen molar-refractivity contribution < 1.29 is 4.79 Å². The summed E-state index contributed by atoms with van der Waals surface area (Å²) in [5.74, 6) is 0.162. The molecule has 0 aromatic carbocycles. The molecule has 0 bridgehead atoms. The average Bonchev–Trinajstić information content (AvgIpc) is 2.30. The minimum absolute atomic E-state index is 0.162. The highest BCUT2D eigenvalue weighted by Gasteiger charge is 2.14. The Morgan fingerprint density at radius 1 is 0.929 bits per heavy atom. The summed E-state index contributed by atoms with van der Waals surface area (Å²) in [6.07, 6.45) is 9.27. The van der Waals surface area contributed by atoms with Crippen LogP contribution in [0.4, 0.5) is 0 Å². The number of hydrogen-bond donors (Lipinski definition) is 0. The second kappa shape index (κ2) is 4.31. The smallest absolute Gasteiger partial charge is 0.183 e. The lowest BCUT2D eigenvalue weighted by atomic mass is 10.1. The molecule has 1 heterocycles. The van der Waals surface area contributed by atoms with Crippen molar-refractivity contribution in [3.05, 3.63) is 23.8 Å². The predicted molar refractivity (Wildman–Crippen MR) is 53.2 cm³/mol. The first kappa shape index (κ1) is 9.31. The van der Waals surface area contributed by atoms with Gasteiger partial charge in [0.15, 0.2) is 5.78 Å². The molecular formula is C11H14N2O. The quantitative estimate of drug-likeness (QED) is 0.629. The van der Waals surface area contributed by atoms with E-state index in [4.69, 9.17) is 0 Å². The van der Waals surface area contributed by atoms with Gasteiger partial charge in [0.2, 0.25) is 0 Å². The van der Waals surface area contributed by atoms with Crippen LogP contribution in [-0.2, 0) is 6.42 Å². The molecule has 0 saturated heterocycles. The molecule has 3 heteroatoms. The summed E-state index contributed by atoms with van der Waals surface area (Å²) >= 11 is 0. The molecule has 0 fully saturated rings. The van der Waals surface area contributed by atoms with Crippen molar-refractivity contribution in [2.45, 2.75) is 38.5 Å². The van der Waals surface area contributed by atoms with Crippen LogP contribution in [0.5, 0.6) is 0 Å². The van der Waals surface area contributed by atoms with Crippen LogP contribution in [0.15, 0.2) is 12.4 Å². The van der Waals surface area contributed by atoms with E-state index in [1.165, 1.54) is 6.42 Å². The molecule has 0 atom stereocenters. The second-order valence-electron chi connectivity index (χ2n) is 3.69. The van der Waals surface area contributed by atoms with Crippen LogP contribution in [0.3, 0.4) is 0 Å². The van der Waals surface area contributed by atoms with Gasteiger partial charge in [0.05, 0.1) is 5.69 Å². The number of Topliss-reactive ketones (excluding diaryl/α,β-unsaturated/α-hetero) is 1. The largest absolute Gasteiger partial charge is 0.292 e. The molecule has 1 aromatic rings. The van der Waals surface area contributed by atoms with Crippen LogP contribution in [0, 0.1) is 0 Å². The van der Waals surface area contributed by atoms with Gasteiger partial charge in [-0.15, -0.1) is 0 Å². The number of fused-ring (bicyclic) bond motifs is 1. The molecule has 0 spiro atoms. The lowest BCUT2D eigenvalue weighted by Gasteiger charge is -2.02. The van der Waals surface area contributed by atoms with Gasteiger partial charge in [0, 0.05) is 18.8 Å². The molecule has 1 aromatic heterocycles. The fourth-order valence-corrected chi connectivity index (χ4v) is 1.83.